The first kappa shape index (κ1) is 7.37. The number of hydrogen-bond donors (Lipinski definition) is 0. The van der Waals surface area contributed by atoms with E-state index in [9.17, 15) is 4.79 Å². The van der Waals surface area contributed by atoms with Crippen LogP contribution in [0.15, 0.2) is 17.1 Å². The van der Waals surface area contributed by atoms with Crippen molar-refractivity contribution in [2.75, 3.05) is 0 Å². The van der Waals surface area contributed by atoms with E-state index in [-0.39, 0.29) is 5.17 Å². The third-order valence-electron chi connectivity index (χ3n) is 0.480. The Bertz CT molecular complexity index is 128. The molecule has 44 valence electrons. The summed E-state index contributed by atoms with van der Waals surface area (Å²) in [5.41, 5.74) is 0. The lowest BCUT2D eigenvalue weighted by atomic mass is 10.6. The van der Waals surface area contributed by atoms with Crippen LogP contribution >= 0.6 is 11.6 Å². The Morgan fingerprint density at radius 3 is 2.75 bits per heavy atom. The summed E-state index contributed by atoms with van der Waals surface area (Å²) in [4.78, 5) is 12.8. The van der Waals surface area contributed by atoms with Crippen molar-refractivity contribution in [1.29, 1.82) is 0 Å². The van der Waals surface area contributed by atoms with E-state index in [2.05, 4.69) is 4.99 Å². The molecule has 0 aromatic rings. The molecule has 0 aromatic heterocycles. The van der Waals surface area contributed by atoms with E-state index in [1.54, 1.807) is 13.0 Å². The first-order valence-electron chi connectivity index (χ1n) is 2.11. The largest absolute Gasteiger partial charge is 0.276 e. The van der Waals surface area contributed by atoms with E-state index < -0.39 is 0 Å². The normalized spacial score (nSPS) is 12.5. The summed E-state index contributed by atoms with van der Waals surface area (Å²) in [5.74, 6) is 0. The average molecular weight is 132 g/mol. The maximum atomic E-state index is 9.58. The zero-order valence-corrected chi connectivity index (χ0v) is 5.22. The number of allylic oxidation sites excluding steroid dienone is 2. The molecule has 0 aliphatic rings. The summed E-state index contributed by atoms with van der Waals surface area (Å²) in [7, 11) is 0. The molecule has 0 aliphatic carbocycles. The summed E-state index contributed by atoms with van der Waals surface area (Å²) >= 11 is 5.31. The van der Waals surface area contributed by atoms with Gasteiger partial charge in [-0.25, -0.2) is 4.99 Å². The van der Waals surface area contributed by atoms with E-state index in [1.807, 2.05) is 0 Å². The second-order valence-electron chi connectivity index (χ2n) is 1.06. The van der Waals surface area contributed by atoms with E-state index in [4.69, 9.17) is 11.6 Å². The number of carbonyl (C=O) groups excluding carboxylic acids is 1. The van der Waals surface area contributed by atoms with Crippen LogP contribution in [0.25, 0.3) is 0 Å². The zero-order valence-electron chi connectivity index (χ0n) is 4.47. The van der Waals surface area contributed by atoms with E-state index >= 15 is 0 Å². The Kier molecular flexibility index (Phi) is 4.17. The molecular weight excluding hydrogens is 126 g/mol. The molecule has 0 spiro atoms. The molecule has 2 nitrogen and oxygen atoms in total. The summed E-state index contributed by atoms with van der Waals surface area (Å²) in [5, 5.41) is 0.211. The lowest BCUT2D eigenvalue weighted by Gasteiger charge is -1.76. The molecule has 8 heavy (non-hydrogen) atoms. The van der Waals surface area contributed by atoms with Crippen molar-refractivity contribution >= 4 is 23.2 Å². The monoisotopic (exact) mass is 131 g/mol. The van der Waals surface area contributed by atoms with E-state index in [0.717, 1.165) is 0 Å². The van der Waals surface area contributed by atoms with Crippen molar-refractivity contribution < 1.29 is 4.79 Å². The molecule has 1 amide bonds. The lowest BCUT2D eigenvalue weighted by Crippen LogP contribution is -1.77. The predicted octanol–water partition coefficient (Wildman–Crippen LogP) is 1.36. The number of amides is 1. The molecule has 0 aromatic carbocycles. The first-order chi connectivity index (χ1) is 3.81. The van der Waals surface area contributed by atoms with Gasteiger partial charge in [-0.15, -0.1) is 0 Å². The van der Waals surface area contributed by atoms with Gasteiger partial charge in [-0.3, -0.25) is 4.79 Å². The van der Waals surface area contributed by atoms with Crippen molar-refractivity contribution in [3.05, 3.63) is 12.2 Å². The van der Waals surface area contributed by atoms with Gasteiger partial charge in [0.15, 0.2) is 0 Å². The fourth-order valence-electron chi connectivity index (χ4n) is 0.231. The number of nitrogens with zero attached hydrogens (tertiary/aromatic N) is 1. The summed E-state index contributed by atoms with van der Waals surface area (Å²) in [6.07, 6.45) is 3.65. The first-order valence-corrected chi connectivity index (χ1v) is 2.48. The fraction of sp³-hybridized carbons (Fsp3) is 0.200. The molecule has 0 saturated heterocycles. The summed E-state index contributed by atoms with van der Waals surface area (Å²) in [6, 6.07) is 0. The van der Waals surface area contributed by atoms with Gasteiger partial charge in [0.25, 0.3) is 0 Å². The number of rotatable bonds is 2. The molecule has 0 radical (unpaired) electrons. The third-order valence-corrected chi connectivity index (χ3v) is 0.704. The molecular formula is C5H6ClNO. The van der Waals surface area contributed by atoms with Crippen molar-refractivity contribution in [2.24, 2.45) is 4.99 Å². The number of carbonyl (C=O) groups is 1. The summed E-state index contributed by atoms with van der Waals surface area (Å²) in [6.45, 7) is 1.79. The van der Waals surface area contributed by atoms with E-state index in [1.165, 1.54) is 6.08 Å². The third kappa shape index (κ3) is 3.56. The minimum atomic E-state index is 0.211. The molecule has 0 atom stereocenters. The highest BCUT2D eigenvalue weighted by Gasteiger charge is 1.79. The summed E-state index contributed by atoms with van der Waals surface area (Å²) < 4.78 is 0. The molecule has 0 unspecified atom stereocenters. The van der Waals surface area contributed by atoms with Crippen LogP contribution in [-0.4, -0.2) is 11.6 Å². The zero-order chi connectivity index (χ0) is 6.41. The van der Waals surface area contributed by atoms with Crippen LogP contribution in [0.1, 0.15) is 6.92 Å². The lowest BCUT2D eigenvalue weighted by molar-refractivity contribution is -0.106. The topological polar surface area (TPSA) is 29.4 Å². The SMILES string of the molecule is C/C=C\C(Cl)=NC=O. The minimum Gasteiger partial charge on any atom is -0.276 e. The van der Waals surface area contributed by atoms with Crippen LogP contribution in [0, 0.1) is 0 Å². The van der Waals surface area contributed by atoms with Gasteiger partial charge in [0.2, 0.25) is 6.41 Å². The van der Waals surface area contributed by atoms with Crippen molar-refractivity contribution in [2.45, 2.75) is 6.92 Å². The Labute approximate surface area is 52.9 Å². The Hall–Kier alpha value is -0.630. The highest BCUT2D eigenvalue weighted by atomic mass is 35.5. The van der Waals surface area contributed by atoms with Gasteiger partial charge in [-0.05, 0) is 13.0 Å². The molecule has 0 N–H and O–H groups in total. The van der Waals surface area contributed by atoms with Crippen LogP contribution in [0.4, 0.5) is 0 Å². The second kappa shape index (κ2) is 4.53. The quantitative estimate of drug-likeness (QED) is 0.411. The van der Waals surface area contributed by atoms with Crippen LogP contribution in [0.2, 0.25) is 0 Å². The minimum absolute atomic E-state index is 0.211. The van der Waals surface area contributed by atoms with Crippen LogP contribution in [0.3, 0.4) is 0 Å². The van der Waals surface area contributed by atoms with Crippen LogP contribution in [-0.2, 0) is 4.79 Å². The maximum absolute atomic E-state index is 9.58. The predicted molar refractivity (Wildman–Crippen MR) is 34.2 cm³/mol. The Balaban J connectivity index is 3.79. The number of aliphatic imine (C=N–C) groups is 1. The van der Waals surface area contributed by atoms with Gasteiger partial charge in [-0.1, -0.05) is 17.7 Å². The van der Waals surface area contributed by atoms with Crippen molar-refractivity contribution in [3.8, 4) is 0 Å². The second-order valence-corrected chi connectivity index (χ2v) is 1.44. The molecule has 0 rings (SSSR count). The molecule has 0 saturated carbocycles. The van der Waals surface area contributed by atoms with Gasteiger partial charge < -0.3 is 0 Å². The molecule has 0 heterocycles. The maximum Gasteiger partial charge on any atom is 0.234 e. The molecule has 3 heteroatoms. The highest BCUT2D eigenvalue weighted by molar-refractivity contribution is 6.68. The van der Waals surface area contributed by atoms with Gasteiger partial charge >= 0.3 is 0 Å². The average Bonchev–Trinajstić information content (AvgIpc) is 1.68. The highest BCUT2D eigenvalue weighted by Crippen LogP contribution is 1.85. The van der Waals surface area contributed by atoms with Crippen molar-refractivity contribution in [1.82, 2.24) is 0 Å². The van der Waals surface area contributed by atoms with Crippen molar-refractivity contribution in [3.63, 3.8) is 0 Å². The Morgan fingerprint density at radius 2 is 2.38 bits per heavy atom. The fourth-order valence-corrected chi connectivity index (χ4v) is 0.397. The van der Waals surface area contributed by atoms with Gasteiger partial charge in [0, 0.05) is 0 Å². The van der Waals surface area contributed by atoms with Gasteiger partial charge in [0.05, 0.1) is 0 Å². The van der Waals surface area contributed by atoms with Crippen LogP contribution < -0.4 is 0 Å². The molecule has 0 bridgehead atoms. The molecule has 0 aliphatic heterocycles. The number of halogens is 1. The van der Waals surface area contributed by atoms with Crippen LogP contribution in [0.5, 0.6) is 0 Å². The van der Waals surface area contributed by atoms with Gasteiger partial charge in [0.1, 0.15) is 5.17 Å². The smallest absolute Gasteiger partial charge is 0.234 e. The Morgan fingerprint density at radius 1 is 1.75 bits per heavy atom. The van der Waals surface area contributed by atoms with E-state index in [0.29, 0.717) is 6.41 Å². The van der Waals surface area contributed by atoms with Gasteiger partial charge in [-0.2, -0.15) is 0 Å². The standard InChI is InChI=1S/C5H6ClNO/c1-2-3-5(6)7-4-8/h2-4H,1H3/b3-2-,7-5?. The number of hydrogen-bond acceptors (Lipinski definition) is 1. The molecule has 0 fully saturated rings.